The van der Waals surface area contributed by atoms with E-state index in [1.54, 1.807) is 0 Å². The predicted octanol–water partition coefficient (Wildman–Crippen LogP) is 1.66. The van der Waals surface area contributed by atoms with Crippen LogP contribution in [0.5, 0.6) is 0 Å². The van der Waals surface area contributed by atoms with E-state index in [1.807, 2.05) is 0 Å². The number of carbonyl (C=O) groups excluding carboxylic acids is 2. The molecule has 0 spiro atoms. The highest BCUT2D eigenvalue weighted by Crippen LogP contribution is 2.20. The van der Waals surface area contributed by atoms with Crippen molar-refractivity contribution >= 4 is 30.0 Å². The van der Waals surface area contributed by atoms with Crippen LogP contribution in [0.2, 0.25) is 0 Å². The molecular formula is C15H16ClFN4O3. The average Bonchev–Trinajstić information content (AvgIpc) is 3.00. The number of esters is 1. The molecule has 3 rings (SSSR count). The summed E-state index contributed by atoms with van der Waals surface area (Å²) in [5, 5.41) is 12.4. The monoisotopic (exact) mass is 354 g/mol. The number of ether oxygens (including phenoxy) is 1. The van der Waals surface area contributed by atoms with Crippen molar-refractivity contribution in [1.82, 2.24) is 15.5 Å². The summed E-state index contributed by atoms with van der Waals surface area (Å²) in [5.41, 5.74) is 1.94. The highest BCUT2D eigenvalue weighted by molar-refractivity contribution is 6.04. The molecule has 1 aliphatic rings. The average molecular weight is 355 g/mol. The number of aromatic amines is 1. The van der Waals surface area contributed by atoms with Gasteiger partial charge in [-0.15, -0.1) is 12.4 Å². The molecule has 7 nitrogen and oxygen atoms in total. The van der Waals surface area contributed by atoms with E-state index in [4.69, 9.17) is 0 Å². The Bertz CT molecular complexity index is 778. The number of fused-ring (bicyclic) bond motifs is 1. The molecule has 0 atom stereocenters. The molecule has 2 aromatic rings. The van der Waals surface area contributed by atoms with Gasteiger partial charge in [0.1, 0.15) is 5.82 Å². The number of nitrogens with one attached hydrogen (secondary N) is 3. The number of halogens is 2. The van der Waals surface area contributed by atoms with Gasteiger partial charge in [-0.25, -0.2) is 9.18 Å². The van der Waals surface area contributed by atoms with Crippen LogP contribution in [0.1, 0.15) is 32.1 Å². The number of anilines is 1. The van der Waals surface area contributed by atoms with Crippen molar-refractivity contribution in [1.29, 1.82) is 0 Å². The lowest BCUT2D eigenvalue weighted by Gasteiger charge is -2.13. The number of aromatic nitrogens is 2. The Hall–Kier alpha value is -2.45. The molecule has 2 heterocycles. The van der Waals surface area contributed by atoms with Crippen LogP contribution < -0.4 is 10.6 Å². The third kappa shape index (κ3) is 3.39. The SMILES string of the molecule is COC(=O)c1ccc(F)c(NC(=O)c2n[nH]c3c2CNCC3)c1.Cl. The molecule has 9 heteroatoms. The molecule has 0 saturated carbocycles. The van der Waals surface area contributed by atoms with Crippen molar-refractivity contribution in [3.05, 3.63) is 46.5 Å². The van der Waals surface area contributed by atoms with Gasteiger partial charge >= 0.3 is 5.97 Å². The Morgan fingerprint density at radius 3 is 2.92 bits per heavy atom. The van der Waals surface area contributed by atoms with Crippen molar-refractivity contribution in [2.24, 2.45) is 0 Å². The molecule has 1 amide bonds. The number of hydrogen-bond acceptors (Lipinski definition) is 5. The van der Waals surface area contributed by atoms with Crippen molar-refractivity contribution < 1.29 is 18.7 Å². The Kier molecular flexibility index (Phi) is 5.53. The second kappa shape index (κ2) is 7.41. The first-order valence-corrected chi connectivity index (χ1v) is 7.06. The summed E-state index contributed by atoms with van der Waals surface area (Å²) < 4.78 is 18.5. The van der Waals surface area contributed by atoms with Crippen molar-refractivity contribution in [3.8, 4) is 0 Å². The second-order valence-electron chi connectivity index (χ2n) is 5.10. The highest BCUT2D eigenvalue weighted by atomic mass is 35.5. The third-order valence-electron chi connectivity index (χ3n) is 3.66. The van der Waals surface area contributed by atoms with Gasteiger partial charge < -0.3 is 15.4 Å². The zero-order valence-corrected chi connectivity index (χ0v) is 13.6. The van der Waals surface area contributed by atoms with E-state index < -0.39 is 17.7 Å². The van der Waals surface area contributed by atoms with Crippen molar-refractivity contribution in [2.75, 3.05) is 19.0 Å². The van der Waals surface area contributed by atoms with E-state index in [0.717, 1.165) is 30.3 Å². The number of carbonyl (C=O) groups is 2. The summed E-state index contributed by atoms with van der Waals surface area (Å²) in [6.07, 6.45) is 0.752. The maximum Gasteiger partial charge on any atom is 0.337 e. The number of nitrogens with zero attached hydrogens (tertiary/aromatic N) is 1. The van der Waals surface area contributed by atoms with E-state index in [2.05, 4.69) is 25.6 Å². The Balaban J connectivity index is 0.00000208. The Morgan fingerprint density at radius 1 is 1.38 bits per heavy atom. The van der Waals surface area contributed by atoms with Gasteiger partial charge in [0.25, 0.3) is 5.91 Å². The van der Waals surface area contributed by atoms with E-state index in [9.17, 15) is 14.0 Å². The summed E-state index contributed by atoms with van der Waals surface area (Å²) in [7, 11) is 1.23. The standard InChI is InChI=1S/C15H15FN4O3.ClH/c1-23-15(22)8-2-3-10(16)12(6-8)18-14(21)13-9-7-17-5-4-11(9)19-20-13;/h2-3,6,17H,4-5,7H2,1H3,(H,18,21)(H,19,20);1H. The largest absolute Gasteiger partial charge is 0.465 e. The van der Waals surface area contributed by atoms with E-state index in [0.29, 0.717) is 6.54 Å². The summed E-state index contributed by atoms with van der Waals surface area (Å²) in [6, 6.07) is 3.62. The van der Waals surface area contributed by atoms with Gasteiger partial charge in [0.05, 0.1) is 18.4 Å². The molecule has 128 valence electrons. The number of H-pyrrole nitrogens is 1. The van der Waals surface area contributed by atoms with E-state index in [-0.39, 0.29) is 29.4 Å². The molecule has 0 radical (unpaired) electrons. The molecule has 1 aliphatic heterocycles. The van der Waals surface area contributed by atoms with E-state index >= 15 is 0 Å². The molecule has 0 fully saturated rings. The number of amides is 1. The fourth-order valence-electron chi connectivity index (χ4n) is 2.46. The summed E-state index contributed by atoms with van der Waals surface area (Å²) in [6.45, 7) is 1.34. The number of methoxy groups -OCH3 is 1. The maximum absolute atomic E-state index is 13.9. The Morgan fingerprint density at radius 2 is 2.17 bits per heavy atom. The fourth-order valence-corrected chi connectivity index (χ4v) is 2.46. The first-order chi connectivity index (χ1) is 11.1. The number of rotatable bonds is 3. The van der Waals surface area contributed by atoms with Gasteiger partial charge in [0.15, 0.2) is 5.69 Å². The molecule has 0 saturated heterocycles. The van der Waals surface area contributed by atoms with Crippen LogP contribution in [0.3, 0.4) is 0 Å². The lowest BCUT2D eigenvalue weighted by molar-refractivity contribution is 0.0600. The topological polar surface area (TPSA) is 96.1 Å². The smallest absolute Gasteiger partial charge is 0.337 e. The minimum absolute atomic E-state index is 0. The first kappa shape index (κ1) is 17.9. The summed E-state index contributed by atoms with van der Waals surface area (Å²) in [4.78, 5) is 23.8. The predicted molar refractivity (Wildman–Crippen MR) is 86.9 cm³/mol. The van der Waals surface area contributed by atoms with Crippen molar-refractivity contribution in [3.63, 3.8) is 0 Å². The molecule has 0 aliphatic carbocycles. The minimum Gasteiger partial charge on any atom is -0.465 e. The maximum atomic E-state index is 13.9. The normalized spacial score (nSPS) is 12.8. The van der Waals surface area contributed by atoms with Crippen LogP contribution in [0.15, 0.2) is 18.2 Å². The van der Waals surface area contributed by atoms with Crippen LogP contribution >= 0.6 is 12.4 Å². The quantitative estimate of drug-likeness (QED) is 0.728. The van der Waals surface area contributed by atoms with Crippen LogP contribution in [0.4, 0.5) is 10.1 Å². The van der Waals surface area contributed by atoms with E-state index in [1.165, 1.54) is 19.2 Å². The molecule has 24 heavy (non-hydrogen) atoms. The van der Waals surface area contributed by atoms with Gasteiger partial charge in [-0.3, -0.25) is 9.89 Å². The number of benzene rings is 1. The molecule has 0 unspecified atom stereocenters. The molecule has 3 N–H and O–H groups in total. The Labute approximate surface area is 143 Å². The third-order valence-corrected chi connectivity index (χ3v) is 3.66. The lowest BCUT2D eigenvalue weighted by Crippen LogP contribution is -2.25. The number of hydrogen-bond donors (Lipinski definition) is 3. The molecular weight excluding hydrogens is 339 g/mol. The minimum atomic E-state index is -0.645. The van der Waals surface area contributed by atoms with Crippen LogP contribution in [0, 0.1) is 5.82 Å². The van der Waals surface area contributed by atoms with Gasteiger partial charge in [0.2, 0.25) is 0 Å². The zero-order chi connectivity index (χ0) is 16.4. The summed E-state index contributed by atoms with van der Waals surface area (Å²) >= 11 is 0. The van der Waals surface area contributed by atoms with Crippen LogP contribution in [-0.2, 0) is 17.7 Å². The van der Waals surface area contributed by atoms with Crippen LogP contribution in [0.25, 0.3) is 0 Å². The fraction of sp³-hybridized carbons (Fsp3) is 0.267. The van der Waals surface area contributed by atoms with Crippen LogP contribution in [-0.4, -0.2) is 35.7 Å². The molecule has 0 bridgehead atoms. The highest BCUT2D eigenvalue weighted by Gasteiger charge is 2.22. The second-order valence-corrected chi connectivity index (χ2v) is 5.10. The van der Waals surface area contributed by atoms with Gasteiger partial charge in [-0.1, -0.05) is 0 Å². The van der Waals surface area contributed by atoms with Gasteiger partial charge in [-0.05, 0) is 18.2 Å². The first-order valence-electron chi connectivity index (χ1n) is 7.06. The molecule has 1 aromatic carbocycles. The van der Waals surface area contributed by atoms with Gasteiger partial charge in [-0.2, -0.15) is 5.10 Å². The van der Waals surface area contributed by atoms with Crippen molar-refractivity contribution in [2.45, 2.75) is 13.0 Å². The van der Waals surface area contributed by atoms with Gasteiger partial charge in [0, 0.05) is 30.8 Å². The zero-order valence-electron chi connectivity index (χ0n) is 12.8. The molecule has 1 aromatic heterocycles. The summed E-state index contributed by atoms with van der Waals surface area (Å²) in [5.74, 6) is -1.79. The lowest BCUT2D eigenvalue weighted by atomic mass is 10.1.